The topological polar surface area (TPSA) is 37.5 Å². The highest BCUT2D eigenvalue weighted by atomic mass is 35.5. The number of fused-ring (bicyclic) bond motifs is 1. The summed E-state index contributed by atoms with van der Waals surface area (Å²) in [4.78, 5) is 4.79. The Kier molecular flexibility index (Phi) is 1.82. The molecule has 0 bridgehead atoms. The van der Waals surface area contributed by atoms with Crippen molar-refractivity contribution in [2.75, 3.05) is 0 Å². The fraction of sp³-hybridized carbons (Fsp3) is 0. The minimum atomic E-state index is 0. The summed E-state index contributed by atoms with van der Waals surface area (Å²) in [5.74, 6) is 0.257. The van der Waals surface area contributed by atoms with Gasteiger partial charge in [0, 0.05) is 12.4 Å². The molecule has 3 nitrogen and oxygen atoms in total. The monoisotopic (exact) mass is 176 g/mol. The molecule has 0 unspecified atom stereocenters. The van der Waals surface area contributed by atoms with Crippen LogP contribution in [0.15, 0.2) is 17.8 Å². The first kappa shape index (κ1) is 7.37. The lowest BCUT2D eigenvalue weighted by Gasteiger charge is -1.81. The lowest BCUT2D eigenvalue weighted by Crippen LogP contribution is -1.71. The van der Waals surface area contributed by atoms with Crippen molar-refractivity contribution in [3.05, 3.63) is 17.8 Å². The van der Waals surface area contributed by atoms with Crippen LogP contribution in [-0.4, -0.2) is 14.5 Å². The van der Waals surface area contributed by atoms with Crippen LogP contribution >= 0.6 is 23.7 Å². The summed E-state index contributed by atoms with van der Waals surface area (Å²) in [7, 11) is 0. The smallest absolute Gasteiger partial charge is 0.207 e. The molecule has 2 aromatic rings. The van der Waals surface area contributed by atoms with Crippen LogP contribution in [0, 0.1) is 0 Å². The standard InChI is InChI=1S/C5H4N2OS.ClH/c8-4-3-9-5-6-1-2-7(4)5;/h1-3,8H;1H. The van der Waals surface area contributed by atoms with Gasteiger partial charge in [0.1, 0.15) is 0 Å². The summed E-state index contributed by atoms with van der Waals surface area (Å²) in [6.07, 6.45) is 3.38. The molecule has 10 heavy (non-hydrogen) atoms. The SMILES string of the molecule is Cl.Oc1csc2nccn12. The van der Waals surface area contributed by atoms with E-state index in [0.717, 1.165) is 4.96 Å². The highest BCUT2D eigenvalue weighted by Gasteiger charge is 1.98. The Morgan fingerprint density at radius 2 is 2.40 bits per heavy atom. The van der Waals surface area contributed by atoms with Crippen molar-refractivity contribution in [1.29, 1.82) is 0 Å². The zero-order valence-corrected chi connectivity index (χ0v) is 6.52. The van der Waals surface area contributed by atoms with E-state index >= 15 is 0 Å². The van der Waals surface area contributed by atoms with E-state index in [2.05, 4.69) is 4.98 Å². The quantitative estimate of drug-likeness (QED) is 0.661. The van der Waals surface area contributed by atoms with Crippen molar-refractivity contribution in [1.82, 2.24) is 9.38 Å². The van der Waals surface area contributed by atoms with Gasteiger partial charge in [0.2, 0.25) is 5.88 Å². The molecule has 0 atom stereocenters. The normalized spacial score (nSPS) is 9.60. The van der Waals surface area contributed by atoms with E-state index in [0.29, 0.717) is 0 Å². The number of hydrogen-bond acceptors (Lipinski definition) is 3. The van der Waals surface area contributed by atoms with Crippen LogP contribution in [0.25, 0.3) is 4.96 Å². The number of imidazole rings is 1. The van der Waals surface area contributed by atoms with Gasteiger partial charge < -0.3 is 5.11 Å². The molecule has 0 amide bonds. The van der Waals surface area contributed by atoms with E-state index < -0.39 is 0 Å². The van der Waals surface area contributed by atoms with Crippen molar-refractivity contribution < 1.29 is 5.11 Å². The van der Waals surface area contributed by atoms with Gasteiger partial charge in [-0.3, -0.25) is 4.40 Å². The molecule has 0 saturated carbocycles. The van der Waals surface area contributed by atoms with E-state index in [-0.39, 0.29) is 18.3 Å². The van der Waals surface area contributed by atoms with Gasteiger partial charge in [-0.05, 0) is 0 Å². The van der Waals surface area contributed by atoms with Crippen molar-refractivity contribution >= 4 is 28.7 Å². The first-order valence-electron chi connectivity index (χ1n) is 2.47. The molecule has 0 radical (unpaired) electrons. The summed E-state index contributed by atoms with van der Waals surface area (Å²) in [6, 6.07) is 0. The minimum Gasteiger partial charge on any atom is -0.494 e. The number of nitrogens with zero attached hydrogens (tertiary/aromatic N) is 2. The second-order valence-corrected chi connectivity index (χ2v) is 2.51. The highest BCUT2D eigenvalue weighted by molar-refractivity contribution is 7.15. The number of aromatic hydroxyl groups is 1. The fourth-order valence-corrected chi connectivity index (χ4v) is 1.43. The first-order chi connectivity index (χ1) is 4.38. The van der Waals surface area contributed by atoms with Gasteiger partial charge in [0.05, 0.1) is 5.38 Å². The zero-order valence-electron chi connectivity index (χ0n) is 4.89. The maximum absolute atomic E-state index is 9.03. The molecule has 2 aromatic heterocycles. The van der Waals surface area contributed by atoms with E-state index in [1.807, 2.05) is 0 Å². The number of aromatic nitrogens is 2. The van der Waals surface area contributed by atoms with Crippen LogP contribution in [0.3, 0.4) is 0 Å². The lowest BCUT2D eigenvalue weighted by atomic mass is 10.8. The number of rotatable bonds is 0. The average molecular weight is 177 g/mol. The van der Waals surface area contributed by atoms with Gasteiger partial charge in [-0.2, -0.15) is 0 Å². The van der Waals surface area contributed by atoms with Crippen molar-refractivity contribution in [2.45, 2.75) is 0 Å². The third kappa shape index (κ3) is 0.853. The van der Waals surface area contributed by atoms with Crippen LogP contribution in [0.4, 0.5) is 0 Å². The zero-order chi connectivity index (χ0) is 6.27. The first-order valence-corrected chi connectivity index (χ1v) is 3.35. The van der Waals surface area contributed by atoms with Gasteiger partial charge in [0.15, 0.2) is 4.96 Å². The van der Waals surface area contributed by atoms with Crippen LogP contribution in [0.2, 0.25) is 0 Å². The highest BCUT2D eigenvalue weighted by Crippen LogP contribution is 2.18. The van der Waals surface area contributed by atoms with Gasteiger partial charge in [-0.15, -0.1) is 23.7 Å². The third-order valence-corrected chi connectivity index (χ3v) is 1.96. The minimum absolute atomic E-state index is 0. The van der Waals surface area contributed by atoms with Crippen molar-refractivity contribution in [2.24, 2.45) is 0 Å². The van der Waals surface area contributed by atoms with E-state index in [1.165, 1.54) is 11.3 Å². The van der Waals surface area contributed by atoms with Gasteiger partial charge in [-0.1, -0.05) is 0 Å². The third-order valence-electron chi connectivity index (χ3n) is 1.12. The molecule has 0 aliphatic heterocycles. The van der Waals surface area contributed by atoms with E-state index in [9.17, 15) is 0 Å². The summed E-state index contributed by atoms with van der Waals surface area (Å²) < 4.78 is 1.63. The van der Waals surface area contributed by atoms with Crippen LogP contribution < -0.4 is 0 Å². The molecule has 2 heterocycles. The molecule has 5 heteroatoms. The molecule has 0 spiro atoms. The molecule has 0 aliphatic rings. The predicted octanol–water partition coefficient (Wildman–Crippen LogP) is 1.52. The Balaban J connectivity index is 0.000000500. The average Bonchev–Trinajstić information content (AvgIpc) is 2.35. The molecule has 0 saturated heterocycles. The second kappa shape index (κ2) is 2.48. The molecular formula is C5H5ClN2OS. The predicted molar refractivity (Wildman–Crippen MR) is 42.0 cm³/mol. The Hall–Kier alpha value is -0.740. The second-order valence-electron chi connectivity index (χ2n) is 1.67. The van der Waals surface area contributed by atoms with Crippen LogP contribution in [0.1, 0.15) is 0 Å². The number of thiazole rings is 1. The molecule has 2 rings (SSSR count). The number of halogens is 1. The van der Waals surface area contributed by atoms with Crippen molar-refractivity contribution in [3.63, 3.8) is 0 Å². The van der Waals surface area contributed by atoms with Crippen molar-refractivity contribution in [3.8, 4) is 5.88 Å². The summed E-state index contributed by atoms with van der Waals surface area (Å²) in [5.41, 5.74) is 0. The Morgan fingerprint density at radius 3 is 3.10 bits per heavy atom. The molecule has 0 aliphatic carbocycles. The number of hydrogen-bond donors (Lipinski definition) is 1. The molecule has 54 valence electrons. The van der Waals surface area contributed by atoms with Crippen LogP contribution in [0.5, 0.6) is 5.88 Å². The van der Waals surface area contributed by atoms with E-state index in [1.54, 1.807) is 22.2 Å². The molecule has 0 fully saturated rings. The molecular weight excluding hydrogens is 172 g/mol. The lowest BCUT2D eigenvalue weighted by molar-refractivity contribution is 0.450. The molecule has 0 aromatic carbocycles. The fourth-order valence-electron chi connectivity index (χ4n) is 0.713. The molecule has 1 N–H and O–H groups in total. The summed E-state index contributed by atoms with van der Waals surface area (Å²) in [5, 5.41) is 10.7. The van der Waals surface area contributed by atoms with E-state index in [4.69, 9.17) is 5.11 Å². The Morgan fingerprint density at radius 1 is 1.60 bits per heavy atom. The van der Waals surface area contributed by atoms with Gasteiger partial charge in [-0.25, -0.2) is 4.98 Å². The van der Waals surface area contributed by atoms with Gasteiger partial charge in [0.25, 0.3) is 0 Å². The summed E-state index contributed by atoms with van der Waals surface area (Å²) in [6.45, 7) is 0. The maximum Gasteiger partial charge on any atom is 0.207 e. The summed E-state index contributed by atoms with van der Waals surface area (Å²) >= 11 is 1.42. The van der Waals surface area contributed by atoms with Crippen LogP contribution in [-0.2, 0) is 0 Å². The van der Waals surface area contributed by atoms with Gasteiger partial charge >= 0.3 is 0 Å². The Bertz CT molecular complexity index is 329. The largest absolute Gasteiger partial charge is 0.494 e. The Labute approximate surface area is 67.4 Å². The maximum atomic E-state index is 9.03.